The SMILES string of the molecule is C[C@H](O)c1ccc(Oc2cccc(C(C)(C)C)c2)cn1. The number of aromatic nitrogens is 1. The highest BCUT2D eigenvalue weighted by Gasteiger charge is 2.14. The van der Waals surface area contributed by atoms with Crippen LogP contribution in [0.2, 0.25) is 0 Å². The molecule has 0 spiro atoms. The Labute approximate surface area is 120 Å². The van der Waals surface area contributed by atoms with E-state index in [0.29, 0.717) is 11.4 Å². The Balaban J connectivity index is 2.18. The molecule has 3 nitrogen and oxygen atoms in total. The maximum atomic E-state index is 9.43. The second-order valence-corrected chi connectivity index (χ2v) is 5.97. The first-order valence-electron chi connectivity index (χ1n) is 6.79. The van der Waals surface area contributed by atoms with Crippen molar-refractivity contribution in [3.05, 3.63) is 53.9 Å². The molecular formula is C17H21NO2. The standard InChI is InChI=1S/C17H21NO2/c1-12(19)16-9-8-15(11-18-16)20-14-7-5-6-13(10-14)17(2,3)4/h5-12,19H,1-4H3/t12-/m0/s1. The van der Waals surface area contributed by atoms with Crippen molar-refractivity contribution in [1.29, 1.82) is 0 Å². The molecule has 0 radical (unpaired) electrons. The van der Waals surface area contributed by atoms with Gasteiger partial charge in [-0.15, -0.1) is 0 Å². The van der Waals surface area contributed by atoms with E-state index in [0.717, 1.165) is 5.75 Å². The van der Waals surface area contributed by atoms with Gasteiger partial charge in [0.25, 0.3) is 0 Å². The van der Waals surface area contributed by atoms with Gasteiger partial charge >= 0.3 is 0 Å². The largest absolute Gasteiger partial charge is 0.456 e. The third-order valence-corrected chi connectivity index (χ3v) is 3.12. The highest BCUT2D eigenvalue weighted by Crippen LogP contribution is 2.28. The van der Waals surface area contributed by atoms with E-state index < -0.39 is 6.10 Å². The minimum absolute atomic E-state index is 0.0911. The minimum Gasteiger partial charge on any atom is -0.456 e. The summed E-state index contributed by atoms with van der Waals surface area (Å²) in [5.41, 5.74) is 1.96. The van der Waals surface area contributed by atoms with E-state index in [1.165, 1.54) is 5.56 Å². The Morgan fingerprint density at radius 3 is 2.40 bits per heavy atom. The predicted molar refractivity (Wildman–Crippen MR) is 80.1 cm³/mol. The lowest BCUT2D eigenvalue weighted by atomic mass is 9.87. The van der Waals surface area contributed by atoms with Crippen LogP contribution >= 0.6 is 0 Å². The molecule has 2 rings (SSSR count). The van der Waals surface area contributed by atoms with Crippen molar-refractivity contribution in [2.45, 2.75) is 39.2 Å². The fourth-order valence-electron chi connectivity index (χ4n) is 1.86. The lowest BCUT2D eigenvalue weighted by Gasteiger charge is -2.19. The number of aliphatic hydroxyl groups is 1. The molecule has 0 amide bonds. The zero-order valence-electron chi connectivity index (χ0n) is 12.4. The van der Waals surface area contributed by atoms with Gasteiger partial charge in [-0.25, -0.2) is 0 Å². The summed E-state index contributed by atoms with van der Waals surface area (Å²) in [6.45, 7) is 8.21. The number of rotatable bonds is 3. The topological polar surface area (TPSA) is 42.4 Å². The number of aliphatic hydroxyl groups excluding tert-OH is 1. The summed E-state index contributed by atoms with van der Waals surface area (Å²) in [5.74, 6) is 1.46. The summed E-state index contributed by atoms with van der Waals surface area (Å²) in [5, 5.41) is 9.43. The molecule has 1 aromatic carbocycles. The number of pyridine rings is 1. The van der Waals surface area contributed by atoms with Gasteiger partial charge in [0, 0.05) is 0 Å². The molecule has 1 N–H and O–H groups in total. The van der Waals surface area contributed by atoms with Crippen LogP contribution in [0, 0.1) is 0 Å². The Morgan fingerprint density at radius 2 is 1.85 bits per heavy atom. The smallest absolute Gasteiger partial charge is 0.145 e. The first-order chi connectivity index (χ1) is 9.36. The van der Waals surface area contributed by atoms with Crippen molar-refractivity contribution in [2.24, 2.45) is 0 Å². The van der Waals surface area contributed by atoms with Gasteiger partial charge in [0.1, 0.15) is 11.5 Å². The molecule has 106 valence electrons. The lowest BCUT2D eigenvalue weighted by molar-refractivity contribution is 0.194. The molecular weight excluding hydrogens is 250 g/mol. The Kier molecular flexibility index (Phi) is 4.09. The van der Waals surface area contributed by atoms with Gasteiger partial charge in [-0.2, -0.15) is 0 Å². The summed E-state index contributed by atoms with van der Waals surface area (Å²) in [6.07, 6.45) is 1.07. The van der Waals surface area contributed by atoms with E-state index >= 15 is 0 Å². The average Bonchev–Trinajstić information content (AvgIpc) is 2.38. The van der Waals surface area contributed by atoms with Crippen LogP contribution in [-0.2, 0) is 5.41 Å². The zero-order valence-corrected chi connectivity index (χ0v) is 12.4. The van der Waals surface area contributed by atoms with Gasteiger partial charge in [-0.1, -0.05) is 32.9 Å². The highest BCUT2D eigenvalue weighted by atomic mass is 16.5. The summed E-state index contributed by atoms with van der Waals surface area (Å²) in [4.78, 5) is 4.17. The molecule has 0 aliphatic heterocycles. The van der Waals surface area contributed by atoms with Gasteiger partial charge in [-0.3, -0.25) is 4.98 Å². The van der Waals surface area contributed by atoms with Crippen LogP contribution in [0.1, 0.15) is 45.1 Å². The van der Waals surface area contributed by atoms with E-state index in [9.17, 15) is 5.11 Å². The van der Waals surface area contributed by atoms with Gasteiger partial charge in [-0.05, 0) is 42.2 Å². The Morgan fingerprint density at radius 1 is 1.10 bits per heavy atom. The molecule has 1 aromatic heterocycles. The zero-order chi connectivity index (χ0) is 14.8. The molecule has 0 aliphatic rings. The summed E-state index contributed by atoms with van der Waals surface area (Å²) in [6, 6.07) is 11.7. The van der Waals surface area contributed by atoms with Crippen LogP contribution in [0.15, 0.2) is 42.6 Å². The quantitative estimate of drug-likeness (QED) is 0.908. The molecule has 20 heavy (non-hydrogen) atoms. The number of ether oxygens (including phenoxy) is 1. The lowest BCUT2D eigenvalue weighted by Crippen LogP contribution is -2.10. The van der Waals surface area contributed by atoms with Crippen LogP contribution in [0.25, 0.3) is 0 Å². The highest BCUT2D eigenvalue weighted by molar-refractivity contribution is 5.36. The van der Waals surface area contributed by atoms with Crippen LogP contribution < -0.4 is 4.74 Å². The summed E-state index contributed by atoms with van der Waals surface area (Å²) < 4.78 is 5.80. The molecule has 1 atom stereocenters. The molecule has 0 saturated heterocycles. The molecule has 0 saturated carbocycles. The van der Waals surface area contributed by atoms with Crippen molar-refractivity contribution in [3.63, 3.8) is 0 Å². The van der Waals surface area contributed by atoms with E-state index in [1.54, 1.807) is 19.2 Å². The third-order valence-electron chi connectivity index (χ3n) is 3.12. The average molecular weight is 271 g/mol. The van der Waals surface area contributed by atoms with Gasteiger partial charge in [0.2, 0.25) is 0 Å². The maximum Gasteiger partial charge on any atom is 0.145 e. The van der Waals surface area contributed by atoms with E-state index in [-0.39, 0.29) is 5.41 Å². The maximum absolute atomic E-state index is 9.43. The second kappa shape index (κ2) is 5.63. The first kappa shape index (κ1) is 14.5. The summed E-state index contributed by atoms with van der Waals surface area (Å²) in [7, 11) is 0. The molecule has 0 unspecified atom stereocenters. The van der Waals surface area contributed by atoms with Gasteiger partial charge in [0.05, 0.1) is 18.0 Å². The van der Waals surface area contributed by atoms with Gasteiger partial charge < -0.3 is 9.84 Å². The first-order valence-corrected chi connectivity index (χ1v) is 6.79. The number of nitrogens with zero attached hydrogens (tertiary/aromatic N) is 1. The van der Waals surface area contributed by atoms with Crippen molar-refractivity contribution >= 4 is 0 Å². The molecule has 2 aromatic rings. The Hall–Kier alpha value is -1.87. The van der Waals surface area contributed by atoms with Crippen molar-refractivity contribution < 1.29 is 9.84 Å². The predicted octanol–water partition coefficient (Wildman–Crippen LogP) is 4.22. The number of hydrogen-bond donors (Lipinski definition) is 1. The second-order valence-electron chi connectivity index (χ2n) is 5.97. The molecule has 0 aliphatic carbocycles. The fourth-order valence-corrected chi connectivity index (χ4v) is 1.86. The van der Waals surface area contributed by atoms with E-state index in [1.807, 2.05) is 24.3 Å². The summed E-state index contributed by atoms with van der Waals surface area (Å²) >= 11 is 0. The van der Waals surface area contributed by atoms with E-state index in [2.05, 4.69) is 31.8 Å². The third kappa shape index (κ3) is 3.58. The molecule has 0 fully saturated rings. The van der Waals surface area contributed by atoms with Crippen LogP contribution in [0.5, 0.6) is 11.5 Å². The van der Waals surface area contributed by atoms with Crippen LogP contribution in [0.4, 0.5) is 0 Å². The molecule has 0 bridgehead atoms. The normalized spacial score (nSPS) is 13.1. The fraction of sp³-hybridized carbons (Fsp3) is 0.353. The van der Waals surface area contributed by atoms with Crippen LogP contribution in [0.3, 0.4) is 0 Å². The van der Waals surface area contributed by atoms with Gasteiger partial charge in [0.15, 0.2) is 0 Å². The van der Waals surface area contributed by atoms with E-state index in [4.69, 9.17) is 4.74 Å². The minimum atomic E-state index is -0.562. The molecule has 3 heteroatoms. The number of benzene rings is 1. The molecule has 1 heterocycles. The van der Waals surface area contributed by atoms with Crippen molar-refractivity contribution in [3.8, 4) is 11.5 Å². The van der Waals surface area contributed by atoms with Crippen molar-refractivity contribution in [1.82, 2.24) is 4.98 Å². The monoisotopic (exact) mass is 271 g/mol. The van der Waals surface area contributed by atoms with Crippen molar-refractivity contribution in [2.75, 3.05) is 0 Å². The number of hydrogen-bond acceptors (Lipinski definition) is 3. The van der Waals surface area contributed by atoms with Crippen LogP contribution in [-0.4, -0.2) is 10.1 Å². The Bertz CT molecular complexity index is 568.